The summed E-state index contributed by atoms with van der Waals surface area (Å²) >= 11 is 1.34. The molecule has 10 heteroatoms. The molecule has 0 radical (unpaired) electrons. The number of rotatable bonds is 10. The average molecular weight is 427 g/mol. The Morgan fingerprint density at radius 3 is 2.57 bits per heavy atom. The van der Waals surface area contributed by atoms with E-state index in [-0.39, 0.29) is 0 Å². The van der Waals surface area contributed by atoms with Gasteiger partial charge in [-0.15, -0.1) is 11.3 Å². The summed E-state index contributed by atoms with van der Waals surface area (Å²) in [4.78, 5) is 5.60. The van der Waals surface area contributed by atoms with Crippen molar-refractivity contribution in [3.63, 3.8) is 0 Å². The monoisotopic (exact) mass is 426 g/mol. The highest BCUT2D eigenvalue weighted by molar-refractivity contribution is 7.91. The van der Waals surface area contributed by atoms with Crippen LogP contribution in [0.25, 0.3) is 0 Å². The second kappa shape index (κ2) is 10.6. The van der Waals surface area contributed by atoms with Gasteiger partial charge in [-0.2, -0.15) is 9.40 Å². The van der Waals surface area contributed by atoms with Crippen LogP contribution in [0.4, 0.5) is 0 Å². The summed E-state index contributed by atoms with van der Waals surface area (Å²) < 4.78 is 28.9. The van der Waals surface area contributed by atoms with Gasteiger partial charge in [0, 0.05) is 44.3 Å². The molecule has 2 aromatic heterocycles. The predicted molar refractivity (Wildman–Crippen MR) is 114 cm³/mol. The fourth-order valence-electron chi connectivity index (χ4n) is 2.68. The molecule has 0 fully saturated rings. The molecule has 2 rings (SSSR count). The molecule has 2 heterocycles. The van der Waals surface area contributed by atoms with Crippen LogP contribution < -0.4 is 10.6 Å². The van der Waals surface area contributed by atoms with Gasteiger partial charge in [-0.25, -0.2) is 13.4 Å². The lowest BCUT2D eigenvalue weighted by molar-refractivity contribution is 0.447. The van der Waals surface area contributed by atoms with E-state index in [9.17, 15) is 8.42 Å². The first-order valence-electron chi connectivity index (χ1n) is 9.50. The van der Waals surface area contributed by atoms with E-state index in [2.05, 4.69) is 20.7 Å². The van der Waals surface area contributed by atoms with Crippen molar-refractivity contribution in [3.8, 4) is 0 Å². The van der Waals surface area contributed by atoms with Crippen molar-refractivity contribution in [1.82, 2.24) is 24.7 Å². The molecule has 0 aliphatic rings. The van der Waals surface area contributed by atoms with Crippen LogP contribution in [-0.4, -0.2) is 54.6 Å². The third-order valence-corrected chi connectivity index (χ3v) is 7.93. The van der Waals surface area contributed by atoms with Gasteiger partial charge in [0.2, 0.25) is 0 Å². The molecule has 2 aromatic rings. The fourth-order valence-corrected chi connectivity index (χ4v) is 5.65. The molecule has 0 aromatic carbocycles. The number of aromatic nitrogens is 2. The molecular weight excluding hydrogens is 396 g/mol. The molecule has 0 saturated heterocycles. The zero-order valence-electron chi connectivity index (χ0n) is 17.0. The normalized spacial score (nSPS) is 12.5. The Bertz CT molecular complexity index is 868. The summed E-state index contributed by atoms with van der Waals surface area (Å²) in [5.74, 6) is 0.733. The highest BCUT2D eigenvalue weighted by Gasteiger charge is 2.23. The SMILES string of the molecule is CCNC(=NCc1ccnn1C)NCCc1ccc(S(=O)(=O)N(CC)CC)s1. The summed E-state index contributed by atoms with van der Waals surface area (Å²) in [6.07, 6.45) is 2.49. The highest BCUT2D eigenvalue weighted by Crippen LogP contribution is 2.25. The van der Waals surface area contributed by atoms with Gasteiger partial charge in [0.15, 0.2) is 5.96 Å². The van der Waals surface area contributed by atoms with E-state index in [4.69, 9.17) is 0 Å². The Morgan fingerprint density at radius 2 is 1.96 bits per heavy atom. The summed E-state index contributed by atoms with van der Waals surface area (Å²) in [5, 5.41) is 10.7. The van der Waals surface area contributed by atoms with E-state index in [0.29, 0.717) is 30.4 Å². The van der Waals surface area contributed by atoms with E-state index >= 15 is 0 Å². The second-order valence-electron chi connectivity index (χ2n) is 6.13. The molecule has 156 valence electrons. The summed E-state index contributed by atoms with van der Waals surface area (Å²) in [6, 6.07) is 5.54. The van der Waals surface area contributed by atoms with Gasteiger partial charge in [0.25, 0.3) is 10.0 Å². The van der Waals surface area contributed by atoms with Crippen molar-refractivity contribution in [2.24, 2.45) is 12.0 Å². The van der Waals surface area contributed by atoms with E-state index in [1.54, 1.807) is 16.9 Å². The van der Waals surface area contributed by atoms with Crippen LogP contribution in [0.5, 0.6) is 0 Å². The summed E-state index contributed by atoms with van der Waals surface area (Å²) in [6.45, 7) is 8.66. The van der Waals surface area contributed by atoms with Gasteiger partial charge in [-0.05, 0) is 31.5 Å². The molecule has 0 unspecified atom stereocenters. The second-order valence-corrected chi connectivity index (χ2v) is 9.46. The zero-order valence-corrected chi connectivity index (χ0v) is 18.6. The van der Waals surface area contributed by atoms with Crippen molar-refractivity contribution < 1.29 is 8.42 Å². The number of aryl methyl sites for hydroxylation is 1. The van der Waals surface area contributed by atoms with E-state index in [1.807, 2.05) is 40.0 Å². The zero-order chi connectivity index (χ0) is 20.6. The Morgan fingerprint density at radius 1 is 1.21 bits per heavy atom. The van der Waals surface area contributed by atoms with Crippen molar-refractivity contribution >= 4 is 27.3 Å². The lowest BCUT2D eigenvalue weighted by Crippen LogP contribution is -2.38. The standard InChI is InChI=1S/C18H30N6O2S2/c1-5-19-18(21-14-15-10-13-22-23(15)4)20-12-11-16-8-9-17(27-16)28(25,26)24(6-2)7-3/h8-10,13H,5-7,11-12,14H2,1-4H3,(H2,19,20,21). The predicted octanol–water partition coefficient (Wildman–Crippen LogP) is 1.81. The van der Waals surface area contributed by atoms with E-state index < -0.39 is 10.0 Å². The van der Waals surface area contributed by atoms with Gasteiger partial charge in [0.1, 0.15) is 4.21 Å². The molecule has 0 spiro atoms. The molecular formula is C18H30N6O2S2. The average Bonchev–Trinajstić information content (AvgIpc) is 3.30. The molecule has 0 aliphatic heterocycles. The lowest BCUT2D eigenvalue weighted by Gasteiger charge is -2.16. The van der Waals surface area contributed by atoms with Gasteiger partial charge >= 0.3 is 0 Å². The highest BCUT2D eigenvalue weighted by atomic mass is 32.2. The molecule has 0 bridgehead atoms. The maximum atomic E-state index is 12.6. The van der Waals surface area contributed by atoms with Crippen LogP contribution in [-0.2, 0) is 30.0 Å². The molecule has 0 saturated carbocycles. The first-order chi connectivity index (χ1) is 13.4. The van der Waals surface area contributed by atoms with Crippen molar-refractivity contribution in [2.75, 3.05) is 26.2 Å². The molecule has 28 heavy (non-hydrogen) atoms. The minimum absolute atomic E-state index is 0.406. The molecule has 2 N–H and O–H groups in total. The molecule has 0 atom stereocenters. The van der Waals surface area contributed by atoms with Gasteiger partial charge in [0.05, 0.1) is 12.2 Å². The Balaban J connectivity index is 1.94. The number of nitrogens with one attached hydrogen (secondary N) is 2. The molecule has 0 amide bonds. The number of nitrogens with zero attached hydrogens (tertiary/aromatic N) is 4. The number of guanidine groups is 1. The fraction of sp³-hybridized carbons (Fsp3) is 0.556. The van der Waals surface area contributed by atoms with Crippen LogP contribution in [0.2, 0.25) is 0 Å². The first kappa shape index (κ1) is 22.4. The van der Waals surface area contributed by atoms with Crippen molar-refractivity contribution in [2.45, 2.75) is 37.9 Å². The minimum Gasteiger partial charge on any atom is -0.357 e. The first-order valence-corrected chi connectivity index (χ1v) is 11.8. The molecule has 0 aliphatic carbocycles. The Hall–Kier alpha value is -1.91. The summed E-state index contributed by atoms with van der Waals surface area (Å²) in [7, 11) is -1.49. The number of aliphatic imine (C=N–C) groups is 1. The van der Waals surface area contributed by atoms with Crippen LogP contribution in [0.1, 0.15) is 31.3 Å². The number of hydrogen-bond donors (Lipinski definition) is 2. The number of sulfonamides is 1. The van der Waals surface area contributed by atoms with Crippen molar-refractivity contribution in [1.29, 1.82) is 0 Å². The largest absolute Gasteiger partial charge is 0.357 e. The maximum Gasteiger partial charge on any atom is 0.252 e. The van der Waals surface area contributed by atoms with Crippen LogP contribution in [0.15, 0.2) is 33.6 Å². The summed E-state index contributed by atoms with van der Waals surface area (Å²) in [5.41, 5.74) is 1.03. The van der Waals surface area contributed by atoms with E-state index in [1.165, 1.54) is 15.6 Å². The Labute approximate surface area is 171 Å². The molecule has 8 nitrogen and oxygen atoms in total. The van der Waals surface area contributed by atoms with Gasteiger partial charge in [-0.1, -0.05) is 13.8 Å². The van der Waals surface area contributed by atoms with Gasteiger partial charge in [-0.3, -0.25) is 4.68 Å². The smallest absolute Gasteiger partial charge is 0.252 e. The number of thiophene rings is 1. The van der Waals surface area contributed by atoms with Crippen LogP contribution in [0, 0.1) is 0 Å². The van der Waals surface area contributed by atoms with E-state index in [0.717, 1.165) is 29.5 Å². The Kier molecular flexibility index (Phi) is 8.46. The third-order valence-electron chi connectivity index (χ3n) is 4.27. The number of hydrogen-bond acceptors (Lipinski definition) is 5. The third kappa shape index (κ3) is 5.79. The quantitative estimate of drug-likeness (QED) is 0.447. The maximum absolute atomic E-state index is 12.6. The van der Waals surface area contributed by atoms with Crippen LogP contribution >= 0.6 is 11.3 Å². The lowest BCUT2D eigenvalue weighted by atomic mass is 10.3. The minimum atomic E-state index is -3.38. The topological polar surface area (TPSA) is 91.6 Å². The van der Waals surface area contributed by atoms with Gasteiger partial charge < -0.3 is 10.6 Å². The van der Waals surface area contributed by atoms with Crippen LogP contribution in [0.3, 0.4) is 0 Å². The van der Waals surface area contributed by atoms with Crippen molar-refractivity contribution in [3.05, 3.63) is 35.0 Å².